The third kappa shape index (κ3) is 4.14. The number of amides is 2. The molecule has 0 saturated heterocycles. The number of rotatable bonds is 5. The van der Waals surface area contributed by atoms with E-state index in [1.54, 1.807) is 0 Å². The van der Waals surface area contributed by atoms with Crippen LogP contribution in [0.2, 0.25) is 0 Å². The largest absolute Gasteiger partial charge is 0.298 e. The number of thiazole rings is 2. The molecule has 2 heterocycles. The molecule has 33 heavy (non-hydrogen) atoms. The van der Waals surface area contributed by atoms with Crippen molar-refractivity contribution in [2.24, 2.45) is 0 Å². The summed E-state index contributed by atoms with van der Waals surface area (Å²) in [6.45, 7) is 0. The van der Waals surface area contributed by atoms with Gasteiger partial charge in [-0.2, -0.15) is 0 Å². The molecule has 3 aromatic carbocycles. The van der Waals surface area contributed by atoms with E-state index in [0.29, 0.717) is 15.8 Å². The van der Waals surface area contributed by atoms with Crippen LogP contribution >= 0.6 is 22.7 Å². The fourth-order valence-corrected chi connectivity index (χ4v) is 4.93. The normalized spacial score (nSPS) is 10.9. The summed E-state index contributed by atoms with van der Waals surface area (Å²) in [5.74, 6) is -1.27. The minimum absolute atomic E-state index is 0.0153. The molecular weight excluding hydrogens is 462 g/mol. The van der Waals surface area contributed by atoms with Gasteiger partial charge in [0.15, 0.2) is 10.3 Å². The van der Waals surface area contributed by atoms with Gasteiger partial charge in [-0.05, 0) is 30.3 Å². The lowest BCUT2D eigenvalue weighted by Crippen LogP contribution is -2.20. The Morgan fingerprint density at radius 1 is 0.758 bits per heavy atom. The van der Waals surface area contributed by atoms with E-state index in [4.69, 9.17) is 0 Å². The summed E-state index contributed by atoms with van der Waals surface area (Å²) in [5, 5.41) is 17.3. The number of anilines is 2. The van der Waals surface area contributed by atoms with Crippen LogP contribution in [-0.4, -0.2) is 26.7 Å². The van der Waals surface area contributed by atoms with Gasteiger partial charge >= 0.3 is 0 Å². The number of hydrogen-bond donors (Lipinski definition) is 2. The van der Waals surface area contributed by atoms with Crippen LogP contribution in [0.4, 0.5) is 16.0 Å². The number of carbonyl (C=O) groups is 2. The smallest absolute Gasteiger partial charge is 0.270 e. The van der Waals surface area contributed by atoms with E-state index in [1.165, 1.54) is 34.8 Å². The number of benzene rings is 3. The van der Waals surface area contributed by atoms with Gasteiger partial charge in [0, 0.05) is 12.1 Å². The zero-order valence-corrected chi connectivity index (χ0v) is 18.3. The minimum atomic E-state index is -0.674. The first-order chi connectivity index (χ1) is 16.0. The lowest BCUT2D eigenvalue weighted by molar-refractivity contribution is -0.384. The predicted molar refractivity (Wildman–Crippen MR) is 128 cm³/mol. The molecule has 0 aliphatic carbocycles. The van der Waals surface area contributed by atoms with Gasteiger partial charge in [0.2, 0.25) is 0 Å². The summed E-state index contributed by atoms with van der Waals surface area (Å²) < 4.78 is 1.77. The van der Waals surface area contributed by atoms with Crippen LogP contribution in [0.15, 0.2) is 66.7 Å². The first-order valence-electron chi connectivity index (χ1n) is 9.60. The van der Waals surface area contributed by atoms with Crippen molar-refractivity contribution in [1.82, 2.24) is 9.97 Å². The molecule has 0 unspecified atom stereocenters. The molecule has 0 fully saturated rings. The SMILES string of the molecule is O=C(Nc1nc2ccccc2s1)c1ccc([N+](=O)[O-])cc1C(=O)Nc1nc2ccccc2s1. The van der Waals surface area contributed by atoms with Gasteiger partial charge in [-0.25, -0.2) is 9.97 Å². The van der Waals surface area contributed by atoms with E-state index in [0.717, 1.165) is 21.0 Å². The first kappa shape index (κ1) is 20.7. The third-order valence-corrected chi connectivity index (χ3v) is 6.64. The average molecular weight is 476 g/mol. The van der Waals surface area contributed by atoms with Crippen molar-refractivity contribution in [2.75, 3.05) is 10.6 Å². The van der Waals surface area contributed by atoms with Gasteiger partial charge in [0.05, 0.1) is 36.5 Å². The first-order valence-corrected chi connectivity index (χ1v) is 11.2. The Kier molecular flexibility index (Phi) is 5.24. The second-order valence-electron chi connectivity index (χ2n) is 6.87. The number of nitrogens with one attached hydrogen (secondary N) is 2. The monoisotopic (exact) mass is 475 g/mol. The van der Waals surface area contributed by atoms with Gasteiger partial charge in [-0.1, -0.05) is 46.9 Å². The summed E-state index contributed by atoms with van der Waals surface area (Å²) >= 11 is 2.55. The number of nitro groups is 1. The second-order valence-corrected chi connectivity index (χ2v) is 8.93. The van der Waals surface area contributed by atoms with E-state index in [2.05, 4.69) is 20.6 Å². The van der Waals surface area contributed by atoms with Crippen molar-refractivity contribution < 1.29 is 14.5 Å². The Morgan fingerprint density at radius 2 is 1.27 bits per heavy atom. The predicted octanol–water partition coefficient (Wildman–Crippen LogP) is 5.32. The Hall–Kier alpha value is -4.22. The fraction of sp³-hybridized carbons (Fsp3) is 0. The highest BCUT2D eigenvalue weighted by atomic mass is 32.1. The minimum Gasteiger partial charge on any atom is -0.298 e. The number of nitrogens with zero attached hydrogens (tertiary/aromatic N) is 3. The molecule has 5 rings (SSSR count). The van der Waals surface area contributed by atoms with Gasteiger partial charge in [-0.3, -0.25) is 30.3 Å². The highest BCUT2D eigenvalue weighted by Gasteiger charge is 2.23. The van der Waals surface area contributed by atoms with Crippen molar-refractivity contribution in [3.63, 3.8) is 0 Å². The van der Waals surface area contributed by atoms with Crippen molar-refractivity contribution in [2.45, 2.75) is 0 Å². The molecule has 2 amide bonds. The van der Waals surface area contributed by atoms with Crippen molar-refractivity contribution >= 4 is 70.9 Å². The number of carbonyl (C=O) groups excluding carboxylic acids is 2. The van der Waals surface area contributed by atoms with Crippen LogP contribution < -0.4 is 10.6 Å². The maximum atomic E-state index is 13.0. The Morgan fingerprint density at radius 3 is 1.79 bits per heavy atom. The molecule has 2 aromatic heterocycles. The Labute approximate surface area is 193 Å². The van der Waals surface area contributed by atoms with E-state index in [1.807, 2.05) is 48.5 Å². The van der Waals surface area contributed by atoms with Crippen LogP contribution in [0.25, 0.3) is 20.4 Å². The summed E-state index contributed by atoms with van der Waals surface area (Å²) in [6, 6.07) is 18.3. The molecular formula is C22H13N5O4S2. The van der Waals surface area contributed by atoms with Gasteiger partial charge in [-0.15, -0.1) is 0 Å². The Bertz CT molecular complexity index is 1490. The molecule has 2 N–H and O–H groups in total. The van der Waals surface area contributed by atoms with Crippen molar-refractivity contribution in [1.29, 1.82) is 0 Å². The molecule has 0 aliphatic heterocycles. The second kappa shape index (κ2) is 8.37. The van der Waals surface area contributed by atoms with Gasteiger partial charge in [0.25, 0.3) is 17.5 Å². The van der Waals surface area contributed by atoms with E-state index in [-0.39, 0.29) is 16.8 Å². The molecule has 0 spiro atoms. The van der Waals surface area contributed by atoms with E-state index in [9.17, 15) is 19.7 Å². The lowest BCUT2D eigenvalue weighted by Gasteiger charge is -2.08. The average Bonchev–Trinajstić information content (AvgIpc) is 3.41. The zero-order valence-electron chi connectivity index (χ0n) is 16.6. The number of hydrogen-bond acceptors (Lipinski definition) is 8. The molecule has 0 aliphatic rings. The quantitative estimate of drug-likeness (QED) is 0.262. The number of non-ortho nitro benzene ring substituents is 1. The van der Waals surface area contributed by atoms with Crippen LogP contribution in [-0.2, 0) is 0 Å². The van der Waals surface area contributed by atoms with Crippen molar-refractivity contribution in [3.8, 4) is 0 Å². The van der Waals surface area contributed by atoms with Gasteiger partial charge < -0.3 is 0 Å². The summed E-state index contributed by atoms with van der Waals surface area (Å²) in [4.78, 5) is 45.4. The zero-order chi connectivity index (χ0) is 22.9. The summed E-state index contributed by atoms with van der Waals surface area (Å²) in [7, 11) is 0. The standard InChI is InChI=1S/C22H13N5O4S2/c28-19(25-21-23-15-5-1-3-7-17(15)32-21)13-10-9-12(27(30)31)11-14(13)20(29)26-22-24-16-6-2-4-8-18(16)33-22/h1-11H,(H,23,25,28)(H,24,26,29). The van der Waals surface area contributed by atoms with Crippen LogP contribution in [0.1, 0.15) is 20.7 Å². The topological polar surface area (TPSA) is 127 Å². The number of fused-ring (bicyclic) bond motifs is 2. The number of aromatic nitrogens is 2. The molecule has 0 atom stereocenters. The maximum absolute atomic E-state index is 13.0. The maximum Gasteiger partial charge on any atom is 0.270 e. The molecule has 0 bridgehead atoms. The van der Waals surface area contributed by atoms with Gasteiger partial charge in [0.1, 0.15) is 0 Å². The van der Waals surface area contributed by atoms with Crippen LogP contribution in [0.3, 0.4) is 0 Å². The number of nitro benzene ring substituents is 1. The molecule has 9 nitrogen and oxygen atoms in total. The highest BCUT2D eigenvalue weighted by Crippen LogP contribution is 2.28. The van der Waals surface area contributed by atoms with Crippen molar-refractivity contribution in [3.05, 3.63) is 88.0 Å². The van der Waals surface area contributed by atoms with Crippen LogP contribution in [0, 0.1) is 10.1 Å². The molecule has 11 heteroatoms. The molecule has 5 aromatic rings. The van der Waals surface area contributed by atoms with E-state index < -0.39 is 16.7 Å². The summed E-state index contributed by atoms with van der Waals surface area (Å²) in [5.41, 5.74) is 0.988. The van der Waals surface area contributed by atoms with Crippen LogP contribution in [0.5, 0.6) is 0 Å². The highest BCUT2D eigenvalue weighted by molar-refractivity contribution is 7.22. The third-order valence-electron chi connectivity index (χ3n) is 4.73. The molecule has 0 saturated carbocycles. The molecule has 162 valence electrons. The lowest BCUT2D eigenvalue weighted by atomic mass is 10.1. The Balaban J connectivity index is 1.46. The number of para-hydroxylation sites is 2. The fourth-order valence-electron chi connectivity index (χ4n) is 3.21. The van der Waals surface area contributed by atoms with E-state index >= 15 is 0 Å². The molecule has 0 radical (unpaired) electrons. The summed E-state index contributed by atoms with van der Waals surface area (Å²) in [6.07, 6.45) is 0.